The zero-order chi connectivity index (χ0) is 11.1. The summed E-state index contributed by atoms with van der Waals surface area (Å²) < 4.78 is 9.32. The van der Waals surface area contributed by atoms with E-state index >= 15 is 0 Å². The molecule has 14 heavy (non-hydrogen) atoms. The lowest BCUT2D eigenvalue weighted by molar-refractivity contribution is -0.147. The molecule has 80 valence electrons. The van der Waals surface area contributed by atoms with Crippen molar-refractivity contribution in [2.24, 2.45) is 0 Å². The Labute approximate surface area is 83.9 Å². The van der Waals surface area contributed by atoms with Crippen LogP contribution in [0.5, 0.6) is 0 Å². The molecule has 0 aromatic rings. The van der Waals surface area contributed by atoms with Crippen LogP contribution in [-0.2, 0) is 19.1 Å². The van der Waals surface area contributed by atoms with E-state index in [1.54, 1.807) is 13.8 Å². The molecule has 0 N–H and O–H groups in total. The second-order valence-corrected chi connectivity index (χ2v) is 3.13. The van der Waals surface area contributed by atoms with Crippen molar-refractivity contribution in [3.05, 3.63) is 12.2 Å². The second kappa shape index (κ2) is 6.18. The minimum atomic E-state index is -0.484. The summed E-state index contributed by atoms with van der Waals surface area (Å²) in [6.45, 7) is 7.04. The molecule has 0 aliphatic rings. The normalized spacial score (nSPS) is 9.71. The SMILES string of the molecule is C=C(CCC(=O)OC(C)C)C(=O)OC. The minimum absolute atomic E-state index is 0.131. The molecule has 4 nitrogen and oxygen atoms in total. The van der Waals surface area contributed by atoms with E-state index in [-0.39, 0.29) is 30.5 Å². The van der Waals surface area contributed by atoms with Gasteiger partial charge in [0.25, 0.3) is 0 Å². The maximum atomic E-state index is 11.1. The molecule has 0 spiro atoms. The van der Waals surface area contributed by atoms with E-state index in [1.807, 2.05) is 0 Å². The fourth-order valence-corrected chi connectivity index (χ4v) is 0.821. The van der Waals surface area contributed by atoms with Gasteiger partial charge in [-0.15, -0.1) is 0 Å². The van der Waals surface area contributed by atoms with Crippen LogP contribution in [0.3, 0.4) is 0 Å². The largest absolute Gasteiger partial charge is 0.466 e. The van der Waals surface area contributed by atoms with Crippen LogP contribution < -0.4 is 0 Å². The van der Waals surface area contributed by atoms with Crippen LogP contribution in [0.4, 0.5) is 0 Å². The molecule has 0 unspecified atom stereocenters. The number of hydrogen-bond acceptors (Lipinski definition) is 4. The molecule has 0 saturated heterocycles. The van der Waals surface area contributed by atoms with E-state index in [9.17, 15) is 9.59 Å². The van der Waals surface area contributed by atoms with E-state index in [0.717, 1.165) is 0 Å². The summed E-state index contributed by atoms with van der Waals surface area (Å²) in [6.07, 6.45) is 0.304. The maximum Gasteiger partial charge on any atom is 0.333 e. The van der Waals surface area contributed by atoms with Gasteiger partial charge >= 0.3 is 11.9 Å². The third-order valence-electron chi connectivity index (χ3n) is 1.47. The van der Waals surface area contributed by atoms with Gasteiger partial charge in [-0.05, 0) is 20.3 Å². The molecule has 0 heterocycles. The Morgan fingerprint density at radius 1 is 1.29 bits per heavy atom. The fourth-order valence-electron chi connectivity index (χ4n) is 0.821. The van der Waals surface area contributed by atoms with Crippen LogP contribution in [0.2, 0.25) is 0 Å². The Hall–Kier alpha value is -1.32. The van der Waals surface area contributed by atoms with Crippen LogP contribution in [0.25, 0.3) is 0 Å². The summed E-state index contributed by atoms with van der Waals surface area (Å²) in [6, 6.07) is 0. The molecule has 0 amide bonds. The maximum absolute atomic E-state index is 11.1. The van der Waals surface area contributed by atoms with Crippen molar-refractivity contribution < 1.29 is 19.1 Å². The highest BCUT2D eigenvalue weighted by Gasteiger charge is 2.10. The molecular weight excluding hydrogens is 184 g/mol. The van der Waals surface area contributed by atoms with Gasteiger partial charge in [-0.1, -0.05) is 6.58 Å². The number of esters is 2. The zero-order valence-electron chi connectivity index (χ0n) is 8.83. The van der Waals surface area contributed by atoms with E-state index in [4.69, 9.17) is 4.74 Å². The minimum Gasteiger partial charge on any atom is -0.466 e. The van der Waals surface area contributed by atoms with Gasteiger partial charge in [0, 0.05) is 12.0 Å². The Balaban J connectivity index is 3.78. The molecule has 0 aromatic heterocycles. The molecule has 0 fully saturated rings. The summed E-state index contributed by atoms with van der Waals surface area (Å²) in [7, 11) is 1.28. The van der Waals surface area contributed by atoms with Gasteiger partial charge < -0.3 is 9.47 Å². The summed E-state index contributed by atoms with van der Waals surface area (Å²) in [5.41, 5.74) is 0.285. The molecular formula is C10H16O4. The van der Waals surface area contributed by atoms with Crippen molar-refractivity contribution in [1.82, 2.24) is 0 Å². The van der Waals surface area contributed by atoms with Gasteiger partial charge in [-0.3, -0.25) is 4.79 Å². The highest BCUT2D eigenvalue weighted by Crippen LogP contribution is 2.06. The third kappa shape index (κ3) is 5.35. The Morgan fingerprint density at radius 3 is 2.29 bits per heavy atom. The highest BCUT2D eigenvalue weighted by atomic mass is 16.5. The van der Waals surface area contributed by atoms with Crippen LogP contribution in [0, 0.1) is 0 Å². The highest BCUT2D eigenvalue weighted by molar-refractivity contribution is 5.88. The Morgan fingerprint density at radius 2 is 1.86 bits per heavy atom. The predicted molar refractivity (Wildman–Crippen MR) is 51.6 cm³/mol. The molecule has 0 saturated carbocycles. The summed E-state index contributed by atoms with van der Waals surface area (Å²) in [5.74, 6) is -0.813. The molecule has 0 aliphatic heterocycles. The number of carbonyl (C=O) groups excluding carboxylic acids is 2. The average Bonchev–Trinajstić information content (AvgIpc) is 2.11. The van der Waals surface area contributed by atoms with Crippen molar-refractivity contribution in [3.63, 3.8) is 0 Å². The average molecular weight is 200 g/mol. The quantitative estimate of drug-likeness (QED) is 0.498. The lowest BCUT2D eigenvalue weighted by Gasteiger charge is -2.07. The third-order valence-corrected chi connectivity index (χ3v) is 1.47. The first-order valence-corrected chi connectivity index (χ1v) is 4.43. The van der Waals surface area contributed by atoms with Crippen molar-refractivity contribution >= 4 is 11.9 Å². The van der Waals surface area contributed by atoms with E-state index in [1.165, 1.54) is 7.11 Å². The van der Waals surface area contributed by atoms with Gasteiger partial charge in [0.2, 0.25) is 0 Å². The second-order valence-electron chi connectivity index (χ2n) is 3.13. The summed E-state index contributed by atoms with van der Waals surface area (Å²) in [4.78, 5) is 21.9. The van der Waals surface area contributed by atoms with Crippen molar-refractivity contribution in [2.75, 3.05) is 7.11 Å². The number of ether oxygens (including phenoxy) is 2. The first kappa shape index (κ1) is 12.7. The Bertz CT molecular complexity index is 230. The predicted octanol–water partition coefficient (Wildman–Crippen LogP) is 1.45. The molecule has 0 bridgehead atoms. The van der Waals surface area contributed by atoms with E-state index in [2.05, 4.69) is 11.3 Å². The first-order chi connectivity index (χ1) is 6.47. The van der Waals surface area contributed by atoms with Gasteiger partial charge in [-0.25, -0.2) is 4.79 Å². The summed E-state index contributed by atoms with van der Waals surface area (Å²) >= 11 is 0. The fraction of sp³-hybridized carbons (Fsp3) is 0.600. The smallest absolute Gasteiger partial charge is 0.333 e. The lowest BCUT2D eigenvalue weighted by atomic mass is 10.2. The van der Waals surface area contributed by atoms with Crippen LogP contribution in [-0.4, -0.2) is 25.2 Å². The van der Waals surface area contributed by atoms with Crippen LogP contribution in [0.1, 0.15) is 26.7 Å². The van der Waals surface area contributed by atoms with Gasteiger partial charge in [0.05, 0.1) is 13.2 Å². The van der Waals surface area contributed by atoms with Crippen molar-refractivity contribution in [3.8, 4) is 0 Å². The first-order valence-electron chi connectivity index (χ1n) is 4.43. The van der Waals surface area contributed by atoms with E-state index in [0.29, 0.717) is 0 Å². The van der Waals surface area contributed by atoms with Crippen molar-refractivity contribution in [2.45, 2.75) is 32.8 Å². The van der Waals surface area contributed by atoms with Crippen LogP contribution >= 0.6 is 0 Å². The zero-order valence-corrected chi connectivity index (χ0v) is 8.83. The number of hydrogen-bond donors (Lipinski definition) is 0. The van der Waals surface area contributed by atoms with E-state index < -0.39 is 5.97 Å². The topological polar surface area (TPSA) is 52.6 Å². The molecule has 4 heteroatoms. The standard InChI is InChI=1S/C10H16O4/c1-7(2)14-9(11)6-5-8(3)10(12)13-4/h7H,3,5-6H2,1-2,4H3. The molecule has 0 radical (unpaired) electrons. The Kier molecular flexibility index (Phi) is 5.60. The summed E-state index contributed by atoms with van der Waals surface area (Å²) in [5, 5.41) is 0. The van der Waals surface area contributed by atoms with Gasteiger partial charge in [-0.2, -0.15) is 0 Å². The molecule has 0 rings (SSSR count). The number of methoxy groups -OCH3 is 1. The lowest BCUT2D eigenvalue weighted by Crippen LogP contribution is -2.12. The van der Waals surface area contributed by atoms with Gasteiger partial charge in [0.1, 0.15) is 0 Å². The number of rotatable bonds is 5. The molecule has 0 aliphatic carbocycles. The number of carbonyl (C=O) groups is 2. The molecule has 0 aromatic carbocycles. The monoisotopic (exact) mass is 200 g/mol. The van der Waals surface area contributed by atoms with Crippen LogP contribution in [0.15, 0.2) is 12.2 Å². The van der Waals surface area contributed by atoms with Gasteiger partial charge in [0.15, 0.2) is 0 Å². The molecule has 0 atom stereocenters. The van der Waals surface area contributed by atoms with Crippen molar-refractivity contribution in [1.29, 1.82) is 0 Å².